The van der Waals surface area contributed by atoms with Gasteiger partial charge in [0.2, 0.25) is 0 Å². The van der Waals surface area contributed by atoms with Crippen LogP contribution in [0.1, 0.15) is 33.9 Å². The fourth-order valence-electron chi connectivity index (χ4n) is 3.01. The van der Waals surface area contributed by atoms with Gasteiger partial charge in [0, 0.05) is 42.0 Å². The Labute approximate surface area is 147 Å². The van der Waals surface area contributed by atoms with Crippen molar-refractivity contribution in [2.24, 2.45) is 5.73 Å². The lowest BCUT2D eigenvalue weighted by Crippen LogP contribution is -2.10. The maximum atomic E-state index is 9.67. The second-order valence-corrected chi connectivity index (χ2v) is 6.36. The molecule has 0 aliphatic heterocycles. The number of nitrogens with two attached hydrogens (primary N) is 1. The number of phenolic OH excluding ortho intramolecular Hbond substituents is 1. The van der Waals surface area contributed by atoms with Gasteiger partial charge < -0.3 is 15.4 Å². The molecular formula is C19H23N5O. The van der Waals surface area contributed by atoms with Gasteiger partial charge in [0.25, 0.3) is 0 Å². The van der Waals surface area contributed by atoms with Crippen LogP contribution >= 0.6 is 0 Å². The molecule has 0 bridgehead atoms. The highest BCUT2D eigenvalue weighted by Gasteiger charge is 2.16. The molecule has 6 heteroatoms. The molecule has 0 saturated heterocycles. The van der Waals surface area contributed by atoms with E-state index in [4.69, 9.17) is 5.73 Å². The van der Waals surface area contributed by atoms with Gasteiger partial charge in [-0.1, -0.05) is 18.7 Å². The van der Waals surface area contributed by atoms with Gasteiger partial charge in [-0.2, -0.15) is 5.10 Å². The SMILES string of the molecule is C=C(N)Cc1c(Cc2c(C)n[nH]c2C)ncn1Cc1cccc(O)c1. The first kappa shape index (κ1) is 16.8. The van der Waals surface area contributed by atoms with Gasteiger partial charge in [0.1, 0.15) is 5.75 Å². The average Bonchev–Trinajstić information content (AvgIpc) is 3.06. The van der Waals surface area contributed by atoms with Crippen LogP contribution in [0.25, 0.3) is 0 Å². The Balaban J connectivity index is 1.94. The Morgan fingerprint density at radius 2 is 2.16 bits per heavy atom. The zero-order valence-electron chi connectivity index (χ0n) is 14.6. The van der Waals surface area contributed by atoms with E-state index in [9.17, 15) is 5.11 Å². The van der Waals surface area contributed by atoms with Crippen LogP contribution in [-0.4, -0.2) is 24.9 Å². The number of aryl methyl sites for hydroxylation is 2. The van der Waals surface area contributed by atoms with Crippen LogP contribution in [-0.2, 0) is 19.4 Å². The molecule has 130 valence electrons. The van der Waals surface area contributed by atoms with Crippen molar-refractivity contribution in [1.29, 1.82) is 0 Å². The van der Waals surface area contributed by atoms with Crippen molar-refractivity contribution in [1.82, 2.24) is 19.7 Å². The van der Waals surface area contributed by atoms with Crippen molar-refractivity contribution in [3.05, 3.63) is 76.8 Å². The molecule has 4 N–H and O–H groups in total. The first-order chi connectivity index (χ1) is 11.9. The van der Waals surface area contributed by atoms with Gasteiger partial charge >= 0.3 is 0 Å². The van der Waals surface area contributed by atoms with E-state index in [0.717, 1.165) is 33.9 Å². The summed E-state index contributed by atoms with van der Waals surface area (Å²) in [5.74, 6) is 0.257. The highest BCUT2D eigenvalue weighted by Crippen LogP contribution is 2.21. The number of aromatic nitrogens is 4. The number of aromatic amines is 1. The number of phenols is 1. The minimum atomic E-state index is 0.257. The number of hydrogen-bond acceptors (Lipinski definition) is 4. The van der Waals surface area contributed by atoms with Gasteiger partial charge in [-0.3, -0.25) is 5.10 Å². The summed E-state index contributed by atoms with van der Waals surface area (Å²) in [5.41, 5.74) is 12.7. The number of nitrogens with one attached hydrogen (secondary N) is 1. The maximum absolute atomic E-state index is 9.67. The van der Waals surface area contributed by atoms with Gasteiger partial charge in [-0.15, -0.1) is 0 Å². The summed E-state index contributed by atoms with van der Waals surface area (Å²) >= 11 is 0. The topological polar surface area (TPSA) is 92.8 Å². The summed E-state index contributed by atoms with van der Waals surface area (Å²) in [6.07, 6.45) is 3.08. The molecule has 3 aromatic rings. The predicted octanol–water partition coefficient (Wildman–Crippen LogP) is 2.58. The second-order valence-electron chi connectivity index (χ2n) is 6.36. The standard InChI is InChI=1S/C19H23N5O/c1-12(20)7-19-18(9-17-13(2)22-23-14(17)3)21-11-24(19)10-15-5-4-6-16(25)8-15/h4-6,8,11,25H,1,7,9-10,20H2,2-3H3,(H,22,23). The lowest BCUT2D eigenvalue weighted by molar-refractivity contribution is 0.474. The zero-order valence-corrected chi connectivity index (χ0v) is 14.6. The van der Waals surface area contributed by atoms with E-state index in [-0.39, 0.29) is 5.75 Å². The van der Waals surface area contributed by atoms with E-state index < -0.39 is 0 Å². The summed E-state index contributed by atoms with van der Waals surface area (Å²) in [7, 11) is 0. The van der Waals surface area contributed by atoms with E-state index in [1.807, 2.05) is 32.3 Å². The molecule has 0 aliphatic carbocycles. The highest BCUT2D eigenvalue weighted by molar-refractivity contribution is 5.33. The largest absolute Gasteiger partial charge is 0.508 e. The number of imidazole rings is 1. The van der Waals surface area contributed by atoms with Crippen molar-refractivity contribution in [2.45, 2.75) is 33.2 Å². The number of benzene rings is 1. The lowest BCUT2D eigenvalue weighted by Gasteiger charge is -2.11. The van der Waals surface area contributed by atoms with Crippen LogP contribution in [0.2, 0.25) is 0 Å². The molecule has 0 aliphatic rings. The summed E-state index contributed by atoms with van der Waals surface area (Å²) in [4.78, 5) is 4.61. The first-order valence-corrected chi connectivity index (χ1v) is 8.18. The first-order valence-electron chi connectivity index (χ1n) is 8.18. The van der Waals surface area contributed by atoms with E-state index in [1.165, 1.54) is 0 Å². The number of allylic oxidation sites excluding steroid dienone is 1. The maximum Gasteiger partial charge on any atom is 0.115 e. The fourth-order valence-corrected chi connectivity index (χ4v) is 3.01. The summed E-state index contributed by atoms with van der Waals surface area (Å²) in [6.45, 7) is 8.47. The van der Waals surface area contributed by atoms with Crippen molar-refractivity contribution in [3.63, 3.8) is 0 Å². The quantitative estimate of drug-likeness (QED) is 0.644. The molecule has 2 heterocycles. The third-order valence-electron chi connectivity index (χ3n) is 4.32. The summed E-state index contributed by atoms with van der Waals surface area (Å²) < 4.78 is 2.06. The third kappa shape index (κ3) is 3.74. The number of aromatic hydroxyl groups is 1. The Morgan fingerprint density at radius 3 is 2.80 bits per heavy atom. The predicted molar refractivity (Wildman–Crippen MR) is 97.3 cm³/mol. The molecule has 2 aromatic heterocycles. The third-order valence-corrected chi connectivity index (χ3v) is 4.32. The van der Waals surface area contributed by atoms with Crippen LogP contribution in [0.3, 0.4) is 0 Å². The molecule has 0 unspecified atom stereocenters. The number of nitrogens with zero attached hydrogens (tertiary/aromatic N) is 3. The van der Waals surface area contributed by atoms with Gasteiger partial charge in [-0.25, -0.2) is 4.98 Å². The van der Waals surface area contributed by atoms with E-state index >= 15 is 0 Å². The minimum Gasteiger partial charge on any atom is -0.508 e. The Morgan fingerprint density at radius 1 is 1.36 bits per heavy atom. The van der Waals surface area contributed by atoms with Gasteiger partial charge in [0.15, 0.2) is 0 Å². The molecule has 0 saturated carbocycles. The molecule has 0 spiro atoms. The van der Waals surface area contributed by atoms with Crippen LogP contribution in [0.5, 0.6) is 5.75 Å². The van der Waals surface area contributed by atoms with E-state index in [0.29, 0.717) is 25.1 Å². The molecule has 0 atom stereocenters. The zero-order chi connectivity index (χ0) is 18.0. The van der Waals surface area contributed by atoms with Crippen LogP contribution in [0.4, 0.5) is 0 Å². The second kappa shape index (κ2) is 6.84. The van der Waals surface area contributed by atoms with E-state index in [1.54, 1.807) is 12.1 Å². The lowest BCUT2D eigenvalue weighted by atomic mass is 10.0. The summed E-state index contributed by atoms with van der Waals surface area (Å²) in [6, 6.07) is 7.23. The molecule has 0 radical (unpaired) electrons. The highest BCUT2D eigenvalue weighted by atomic mass is 16.3. The number of H-pyrrole nitrogens is 1. The normalized spacial score (nSPS) is 11.0. The van der Waals surface area contributed by atoms with Gasteiger partial charge in [-0.05, 0) is 31.5 Å². The monoisotopic (exact) mass is 337 g/mol. The molecule has 6 nitrogen and oxygen atoms in total. The molecule has 0 amide bonds. The number of hydrogen-bond donors (Lipinski definition) is 3. The van der Waals surface area contributed by atoms with Gasteiger partial charge in [0.05, 0.1) is 17.7 Å². The van der Waals surface area contributed by atoms with Crippen molar-refractivity contribution < 1.29 is 5.11 Å². The molecule has 3 rings (SSSR count). The van der Waals surface area contributed by atoms with E-state index in [2.05, 4.69) is 26.3 Å². The minimum absolute atomic E-state index is 0.257. The molecular weight excluding hydrogens is 314 g/mol. The Hall–Kier alpha value is -3.02. The average molecular weight is 337 g/mol. The van der Waals surface area contributed by atoms with Crippen LogP contribution < -0.4 is 5.73 Å². The fraction of sp³-hybridized carbons (Fsp3) is 0.263. The van der Waals surface area contributed by atoms with Crippen LogP contribution in [0, 0.1) is 13.8 Å². The van der Waals surface area contributed by atoms with Crippen molar-refractivity contribution >= 4 is 0 Å². The Bertz CT molecular complexity index is 887. The van der Waals surface area contributed by atoms with Crippen LogP contribution in [0.15, 0.2) is 42.9 Å². The Kier molecular flexibility index (Phi) is 4.61. The molecule has 25 heavy (non-hydrogen) atoms. The smallest absolute Gasteiger partial charge is 0.115 e. The number of rotatable bonds is 6. The van der Waals surface area contributed by atoms with Crippen molar-refractivity contribution in [2.75, 3.05) is 0 Å². The summed E-state index contributed by atoms with van der Waals surface area (Å²) in [5, 5.41) is 16.9. The van der Waals surface area contributed by atoms with Crippen molar-refractivity contribution in [3.8, 4) is 5.75 Å². The molecule has 0 fully saturated rings. The molecule has 1 aromatic carbocycles.